The zero-order chi connectivity index (χ0) is 24.4. The summed E-state index contributed by atoms with van der Waals surface area (Å²) in [5, 5.41) is 14.9. The molecule has 1 fully saturated rings. The topological polar surface area (TPSA) is 102 Å². The van der Waals surface area contributed by atoms with Crippen LogP contribution in [-0.4, -0.2) is 47.7 Å². The normalized spacial score (nSPS) is 14.5. The summed E-state index contributed by atoms with van der Waals surface area (Å²) in [6.45, 7) is -0.519. The molecular weight excluding hydrogens is 478 g/mol. The number of fused-ring (bicyclic) bond motifs is 1. The van der Waals surface area contributed by atoms with Crippen molar-refractivity contribution < 1.29 is 13.6 Å². The number of halogens is 3. The van der Waals surface area contributed by atoms with E-state index in [1.807, 2.05) is 0 Å². The number of hydrogen-bond donors (Lipinski definition) is 2. The van der Waals surface area contributed by atoms with Crippen LogP contribution in [0.4, 0.5) is 20.2 Å². The maximum atomic E-state index is 13.2. The Morgan fingerprint density at radius 3 is 2.71 bits per heavy atom. The van der Waals surface area contributed by atoms with Crippen LogP contribution in [0.25, 0.3) is 16.9 Å². The molecule has 0 saturated heterocycles. The predicted molar refractivity (Wildman–Crippen MR) is 127 cm³/mol. The van der Waals surface area contributed by atoms with Crippen molar-refractivity contribution >= 4 is 34.5 Å². The molecule has 0 aromatic carbocycles. The lowest BCUT2D eigenvalue weighted by Crippen LogP contribution is -2.36. The number of carbonyl (C=O) groups excluding carboxylic acids is 1. The highest BCUT2D eigenvalue weighted by Gasteiger charge is 2.21. The molecule has 35 heavy (non-hydrogen) atoms. The van der Waals surface area contributed by atoms with Crippen LogP contribution in [0.3, 0.4) is 0 Å². The number of nitrogens with zero attached hydrogens (tertiary/aromatic N) is 6. The lowest BCUT2D eigenvalue weighted by Gasteiger charge is -2.23. The Labute approximate surface area is 204 Å². The van der Waals surface area contributed by atoms with Crippen molar-refractivity contribution in [2.24, 2.45) is 0 Å². The Bertz CT molecular complexity index is 1350. The Kier molecular flexibility index (Phi) is 6.58. The minimum Gasteiger partial charge on any atom is -0.352 e. The van der Waals surface area contributed by atoms with E-state index in [0.717, 1.165) is 30.4 Å². The van der Waals surface area contributed by atoms with Crippen LogP contribution in [-0.2, 0) is 6.54 Å². The molecular formula is C23H23ClF2N8O. The van der Waals surface area contributed by atoms with Crippen molar-refractivity contribution in [2.75, 3.05) is 5.32 Å². The molecule has 2 N–H and O–H groups in total. The van der Waals surface area contributed by atoms with E-state index in [4.69, 9.17) is 11.6 Å². The first kappa shape index (κ1) is 23.2. The maximum Gasteiger partial charge on any atom is 0.257 e. The number of amides is 1. The number of carbonyl (C=O) groups is 1. The van der Waals surface area contributed by atoms with Crippen LogP contribution >= 0.6 is 11.6 Å². The highest BCUT2D eigenvalue weighted by atomic mass is 35.5. The van der Waals surface area contributed by atoms with E-state index >= 15 is 0 Å². The second-order valence-corrected chi connectivity index (χ2v) is 8.93. The van der Waals surface area contributed by atoms with Gasteiger partial charge in [0, 0.05) is 24.6 Å². The van der Waals surface area contributed by atoms with E-state index in [9.17, 15) is 13.6 Å². The molecule has 0 radical (unpaired) electrons. The van der Waals surface area contributed by atoms with Crippen molar-refractivity contribution in [3.8, 4) is 11.3 Å². The zero-order valence-electron chi connectivity index (χ0n) is 18.7. The Morgan fingerprint density at radius 2 is 1.91 bits per heavy atom. The minimum atomic E-state index is -2.52. The first-order chi connectivity index (χ1) is 17.0. The fourth-order valence-corrected chi connectivity index (χ4v) is 4.40. The number of aromatic nitrogens is 6. The van der Waals surface area contributed by atoms with Gasteiger partial charge in [0.2, 0.25) is 0 Å². The first-order valence-corrected chi connectivity index (χ1v) is 11.7. The Hall–Kier alpha value is -3.60. The number of alkyl halides is 2. The molecule has 4 aromatic rings. The quantitative estimate of drug-likeness (QED) is 0.381. The molecule has 1 aliphatic rings. The van der Waals surface area contributed by atoms with Gasteiger partial charge >= 0.3 is 0 Å². The summed E-state index contributed by atoms with van der Waals surface area (Å²) in [6, 6.07) is 1.83. The van der Waals surface area contributed by atoms with Crippen LogP contribution in [0.2, 0.25) is 5.02 Å². The Balaban J connectivity index is 1.49. The van der Waals surface area contributed by atoms with Gasteiger partial charge in [-0.1, -0.05) is 30.9 Å². The third-order valence-corrected chi connectivity index (χ3v) is 6.12. The van der Waals surface area contributed by atoms with Gasteiger partial charge in [-0.25, -0.2) is 18.3 Å². The average Bonchev–Trinajstić information content (AvgIpc) is 3.45. The number of hydrogen-bond acceptors (Lipinski definition) is 6. The summed E-state index contributed by atoms with van der Waals surface area (Å²) >= 11 is 6.01. The van der Waals surface area contributed by atoms with Gasteiger partial charge in [-0.2, -0.15) is 10.2 Å². The lowest BCUT2D eigenvalue weighted by molar-refractivity contribution is 0.0928. The molecule has 4 aromatic heterocycles. The number of rotatable bonds is 7. The molecule has 0 bridgehead atoms. The van der Waals surface area contributed by atoms with E-state index < -0.39 is 13.0 Å². The molecule has 4 heterocycles. The first-order valence-electron chi connectivity index (χ1n) is 11.3. The van der Waals surface area contributed by atoms with E-state index in [0.29, 0.717) is 38.9 Å². The van der Waals surface area contributed by atoms with E-state index in [-0.39, 0.29) is 11.9 Å². The molecule has 9 nitrogen and oxygen atoms in total. The van der Waals surface area contributed by atoms with Crippen LogP contribution in [0.15, 0.2) is 43.2 Å². The minimum absolute atomic E-state index is 0.117. The highest BCUT2D eigenvalue weighted by Crippen LogP contribution is 2.29. The molecule has 5 rings (SSSR count). The van der Waals surface area contributed by atoms with Gasteiger partial charge < -0.3 is 10.6 Å². The second-order valence-electron chi connectivity index (χ2n) is 8.49. The molecule has 0 unspecified atom stereocenters. The van der Waals surface area contributed by atoms with Crippen LogP contribution in [0, 0.1) is 0 Å². The van der Waals surface area contributed by atoms with E-state index in [2.05, 4.69) is 30.8 Å². The van der Waals surface area contributed by atoms with Gasteiger partial charge in [0.05, 0.1) is 51.8 Å². The van der Waals surface area contributed by atoms with Crippen LogP contribution in [0.5, 0.6) is 0 Å². The third-order valence-electron chi connectivity index (χ3n) is 5.93. The summed E-state index contributed by atoms with van der Waals surface area (Å²) < 4.78 is 28.2. The monoisotopic (exact) mass is 500 g/mol. The molecule has 1 saturated carbocycles. The van der Waals surface area contributed by atoms with Crippen molar-refractivity contribution in [1.29, 1.82) is 0 Å². The van der Waals surface area contributed by atoms with E-state index in [1.54, 1.807) is 23.0 Å². The fourth-order valence-electron chi connectivity index (χ4n) is 4.25. The molecule has 0 aliphatic heterocycles. The van der Waals surface area contributed by atoms with Gasteiger partial charge in [-0.3, -0.25) is 14.5 Å². The second kappa shape index (κ2) is 9.95. The summed E-state index contributed by atoms with van der Waals surface area (Å²) in [6.07, 6.45) is 11.9. The SMILES string of the molecule is O=C(NC1CCCCC1)c1cnc(-c2cnn3cc(Cl)cnc23)cc1Nc1cnn(CC(F)F)c1. The highest BCUT2D eigenvalue weighted by molar-refractivity contribution is 6.30. The predicted octanol–water partition coefficient (Wildman–Crippen LogP) is 4.71. The molecule has 0 atom stereocenters. The fraction of sp³-hybridized carbons (Fsp3) is 0.348. The van der Waals surface area contributed by atoms with Gasteiger partial charge in [-0.15, -0.1) is 0 Å². The van der Waals surface area contributed by atoms with Crippen LogP contribution in [0.1, 0.15) is 42.5 Å². The lowest BCUT2D eigenvalue weighted by atomic mass is 9.95. The molecule has 1 amide bonds. The summed E-state index contributed by atoms with van der Waals surface area (Å²) in [5.74, 6) is -0.247. The Morgan fingerprint density at radius 1 is 1.09 bits per heavy atom. The van der Waals surface area contributed by atoms with Crippen molar-refractivity contribution in [3.63, 3.8) is 0 Å². The van der Waals surface area contributed by atoms with Gasteiger partial charge in [0.25, 0.3) is 12.3 Å². The third kappa shape index (κ3) is 5.24. The number of pyridine rings is 1. The summed E-state index contributed by atoms with van der Waals surface area (Å²) in [5.41, 5.74) is 3.02. The molecule has 1 aliphatic carbocycles. The van der Waals surface area contributed by atoms with Gasteiger partial charge in [0.1, 0.15) is 6.54 Å². The largest absolute Gasteiger partial charge is 0.352 e. The standard InChI is InChI=1S/C23H23ClF2N8O/c24-14-7-28-22-17(10-30-34(22)11-14)19-6-20(31-16-8-29-33(12-16)13-21(25)26)18(9-27-19)23(35)32-15-4-2-1-3-5-15/h6-12,15,21H,1-5,13H2,(H,27,31)(H,32,35). The molecule has 182 valence electrons. The van der Waals surface area contributed by atoms with Crippen molar-refractivity contribution in [1.82, 2.24) is 34.7 Å². The molecule has 12 heteroatoms. The van der Waals surface area contributed by atoms with Gasteiger partial charge in [0.15, 0.2) is 5.65 Å². The van der Waals surface area contributed by atoms with E-state index in [1.165, 1.54) is 31.2 Å². The number of anilines is 2. The van der Waals surface area contributed by atoms with Crippen molar-refractivity contribution in [3.05, 3.63) is 53.8 Å². The van der Waals surface area contributed by atoms with Crippen LogP contribution < -0.4 is 10.6 Å². The summed E-state index contributed by atoms with van der Waals surface area (Å²) in [7, 11) is 0. The maximum absolute atomic E-state index is 13.2. The number of nitrogens with one attached hydrogen (secondary N) is 2. The van der Waals surface area contributed by atoms with Crippen molar-refractivity contribution in [2.45, 2.75) is 51.1 Å². The average molecular weight is 501 g/mol. The molecule has 0 spiro atoms. The zero-order valence-corrected chi connectivity index (χ0v) is 19.4. The smallest absolute Gasteiger partial charge is 0.257 e. The van der Waals surface area contributed by atoms with Gasteiger partial charge in [-0.05, 0) is 18.9 Å². The summed E-state index contributed by atoms with van der Waals surface area (Å²) in [4.78, 5) is 22.0.